The summed E-state index contributed by atoms with van der Waals surface area (Å²) in [4.78, 5) is 0. The number of halogens is 2. The standard InChI is InChI=1S/C17H25F2NO/c1-4-20-15-8-5-12(11(2)3)9-17(15)21-16-10-13(18)6-7-14(16)19/h6-7,10-12,15,17,20H,4-5,8-9H2,1-3H3. The average molecular weight is 297 g/mol. The Labute approximate surface area is 125 Å². The lowest BCUT2D eigenvalue weighted by molar-refractivity contribution is 0.0691. The van der Waals surface area contributed by atoms with Crippen molar-refractivity contribution in [2.75, 3.05) is 6.54 Å². The molecule has 0 spiro atoms. The summed E-state index contributed by atoms with van der Waals surface area (Å²) in [6, 6.07) is 3.57. The highest BCUT2D eigenvalue weighted by Gasteiger charge is 2.33. The van der Waals surface area contributed by atoms with Crippen LogP contribution in [0.3, 0.4) is 0 Å². The van der Waals surface area contributed by atoms with Crippen LogP contribution in [0.2, 0.25) is 0 Å². The van der Waals surface area contributed by atoms with E-state index in [-0.39, 0.29) is 17.9 Å². The smallest absolute Gasteiger partial charge is 0.165 e. The van der Waals surface area contributed by atoms with E-state index in [9.17, 15) is 8.78 Å². The van der Waals surface area contributed by atoms with Gasteiger partial charge in [-0.05, 0) is 49.8 Å². The molecule has 4 heteroatoms. The molecule has 1 aliphatic rings. The van der Waals surface area contributed by atoms with Gasteiger partial charge in [0.15, 0.2) is 11.6 Å². The van der Waals surface area contributed by atoms with E-state index >= 15 is 0 Å². The lowest BCUT2D eigenvalue weighted by atomic mass is 9.78. The summed E-state index contributed by atoms with van der Waals surface area (Å²) in [6.45, 7) is 7.31. The molecule has 0 aliphatic heterocycles. The molecular formula is C17H25F2NO. The molecule has 118 valence electrons. The van der Waals surface area contributed by atoms with Crippen molar-refractivity contribution < 1.29 is 13.5 Å². The molecule has 3 atom stereocenters. The number of ether oxygens (including phenoxy) is 1. The van der Waals surface area contributed by atoms with E-state index in [4.69, 9.17) is 4.74 Å². The maximum Gasteiger partial charge on any atom is 0.165 e. The molecule has 0 radical (unpaired) electrons. The van der Waals surface area contributed by atoms with Gasteiger partial charge in [0, 0.05) is 12.1 Å². The van der Waals surface area contributed by atoms with Crippen LogP contribution in [-0.4, -0.2) is 18.7 Å². The van der Waals surface area contributed by atoms with Gasteiger partial charge in [-0.1, -0.05) is 20.8 Å². The molecule has 1 aliphatic carbocycles. The molecule has 21 heavy (non-hydrogen) atoms. The molecule has 0 saturated heterocycles. The monoisotopic (exact) mass is 297 g/mol. The first kappa shape index (κ1) is 16.2. The minimum absolute atomic E-state index is 0.0207. The van der Waals surface area contributed by atoms with Gasteiger partial charge in [-0.2, -0.15) is 0 Å². The Morgan fingerprint density at radius 1 is 1.29 bits per heavy atom. The highest BCUT2D eigenvalue weighted by molar-refractivity contribution is 5.25. The fraction of sp³-hybridized carbons (Fsp3) is 0.647. The van der Waals surface area contributed by atoms with E-state index in [1.54, 1.807) is 0 Å². The molecule has 1 fully saturated rings. The van der Waals surface area contributed by atoms with Crippen LogP contribution in [0.25, 0.3) is 0 Å². The SMILES string of the molecule is CCNC1CCC(C(C)C)CC1Oc1cc(F)ccc1F. The summed E-state index contributed by atoms with van der Waals surface area (Å²) >= 11 is 0. The van der Waals surface area contributed by atoms with Crippen molar-refractivity contribution >= 4 is 0 Å². The van der Waals surface area contributed by atoms with Gasteiger partial charge in [-0.15, -0.1) is 0 Å². The lowest BCUT2D eigenvalue weighted by Gasteiger charge is -2.38. The Hall–Kier alpha value is -1.16. The molecule has 2 rings (SSSR count). The zero-order chi connectivity index (χ0) is 15.4. The predicted octanol–water partition coefficient (Wildman–Crippen LogP) is 4.15. The molecule has 0 aromatic heterocycles. The molecule has 1 saturated carbocycles. The molecule has 0 amide bonds. The van der Waals surface area contributed by atoms with Gasteiger partial charge >= 0.3 is 0 Å². The number of rotatable bonds is 5. The minimum Gasteiger partial charge on any atom is -0.486 e. The van der Waals surface area contributed by atoms with Gasteiger partial charge < -0.3 is 10.1 Å². The van der Waals surface area contributed by atoms with E-state index in [0.29, 0.717) is 11.8 Å². The third-order valence-corrected chi connectivity index (χ3v) is 4.41. The van der Waals surface area contributed by atoms with Crippen LogP contribution in [0.5, 0.6) is 5.75 Å². The fourth-order valence-electron chi connectivity index (χ4n) is 3.12. The van der Waals surface area contributed by atoms with Crippen molar-refractivity contribution in [2.45, 2.75) is 52.2 Å². The van der Waals surface area contributed by atoms with Gasteiger partial charge in [-0.3, -0.25) is 0 Å². The van der Waals surface area contributed by atoms with Crippen molar-refractivity contribution in [1.29, 1.82) is 0 Å². The summed E-state index contributed by atoms with van der Waals surface area (Å²) in [5.41, 5.74) is 0. The van der Waals surface area contributed by atoms with Gasteiger partial charge in [0.05, 0.1) is 0 Å². The van der Waals surface area contributed by atoms with Gasteiger partial charge in [0.2, 0.25) is 0 Å². The molecule has 0 bridgehead atoms. The van der Waals surface area contributed by atoms with Crippen LogP contribution in [0.1, 0.15) is 40.0 Å². The third kappa shape index (κ3) is 4.16. The van der Waals surface area contributed by atoms with Crippen molar-refractivity contribution in [2.24, 2.45) is 11.8 Å². The van der Waals surface area contributed by atoms with Crippen LogP contribution in [0, 0.1) is 23.5 Å². The molecule has 2 nitrogen and oxygen atoms in total. The second-order valence-corrected chi connectivity index (χ2v) is 6.21. The molecule has 1 aromatic carbocycles. The van der Waals surface area contributed by atoms with Crippen molar-refractivity contribution in [3.8, 4) is 5.75 Å². The number of hydrogen-bond acceptors (Lipinski definition) is 2. The first-order chi connectivity index (χ1) is 10.0. The summed E-state index contributed by atoms with van der Waals surface area (Å²) in [5.74, 6) is 0.200. The Balaban J connectivity index is 2.13. The summed E-state index contributed by atoms with van der Waals surface area (Å²) in [6.07, 6.45) is 2.94. The Morgan fingerprint density at radius 2 is 2.05 bits per heavy atom. The van der Waals surface area contributed by atoms with Gasteiger partial charge in [0.1, 0.15) is 11.9 Å². The number of benzene rings is 1. The molecule has 0 heterocycles. The van der Waals surface area contributed by atoms with E-state index in [2.05, 4.69) is 19.2 Å². The first-order valence-electron chi connectivity index (χ1n) is 7.86. The molecular weight excluding hydrogens is 272 g/mol. The fourth-order valence-corrected chi connectivity index (χ4v) is 3.12. The Morgan fingerprint density at radius 3 is 2.71 bits per heavy atom. The molecule has 1 N–H and O–H groups in total. The number of hydrogen-bond donors (Lipinski definition) is 1. The first-order valence-corrected chi connectivity index (χ1v) is 7.86. The van der Waals surface area contributed by atoms with E-state index in [0.717, 1.165) is 44.0 Å². The predicted molar refractivity (Wildman–Crippen MR) is 80.4 cm³/mol. The highest BCUT2D eigenvalue weighted by Crippen LogP contribution is 2.33. The quantitative estimate of drug-likeness (QED) is 0.881. The number of likely N-dealkylation sites (N-methyl/N-ethyl adjacent to an activating group) is 1. The van der Waals surface area contributed by atoms with Crippen LogP contribution < -0.4 is 10.1 Å². The number of nitrogens with one attached hydrogen (secondary N) is 1. The largest absolute Gasteiger partial charge is 0.486 e. The summed E-state index contributed by atoms with van der Waals surface area (Å²) in [5, 5.41) is 3.41. The Kier molecular flexibility index (Phi) is 5.57. The summed E-state index contributed by atoms with van der Waals surface area (Å²) in [7, 11) is 0. The van der Waals surface area contributed by atoms with E-state index in [1.165, 1.54) is 0 Å². The van der Waals surface area contributed by atoms with Crippen LogP contribution in [-0.2, 0) is 0 Å². The van der Waals surface area contributed by atoms with Crippen LogP contribution in [0.15, 0.2) is 18.2 Å². The van der Waals surface area contributed by atoms with Crippen molar-refractivity contribution in [3.63, 3.8) is 0 Å². The molecule has 1 aromatic rings. The maximum absolute atomic E-state index is 13.8. The van der Waals surface area contributed by atoms with E-state index < -0.39 is 11.6 Å². The average Bonchev–Trinajstić information content (AvgIpc) is 2.44. The zero-order valence-electron chi connectivity index (χ0n) is 13.0. The maximum atomic E-state index is 13.8. The van der Waals surface area contributed by atoms with E-state index in [1.807, 2.05) is 6.92 Å². The minimum atomic E-state index is -0.502. The molecule has 3 unspecified atom stereocenters. The second kappa shape index (κ2) is 7.21. The topological polar surface area (TPSA) is 21.3 Å². The van der Waals surface area contributed by atoms with Gasteiger partial charge in [0.25, 0.3) is 0 Å². The van der Waals surface area contributed by atoms with Crippen LogP contribution >= 0.6 is 0 Å². The van der Waals surface area contributed by atoms with Gasteiger partial charge in [-0.25, -0.2) is 8.78 Å². The van der Waals surface area contributed by atoms with Crippen molar-refractivity contribution in [3.05, 3.63) is 29.8 Å². The summed E-state index contributed by atoms with van der Waals surface area (Å²) < 4.78 is 32.9. The zero-order valence-corrected chi connectivity index (χ0v) is 13.0. The lowest BCUT2D eigenvalue weighted by Crippen LogP contribution is -2.47. The Bertz CT molecular complexity index is 464. The highest BCUT2D eigenvalue weighted by atomic mass is 19.1. The second-order valence-electron chi connectivity index (χ2n) is 6.21. The third-order valence-electron chi connectivity index (χ3n) is 4.41. The van der Waals surface area contributed by atoms with Crippen LogP contribution in [0.4, 0.5) is 8.78 Å². The van der Waals surface area contributed by atoms with Crippen molar-refractivity contribution in [1.82, 2.24) is 5.32 Å². The normalized spacial score (nSPS) is 26.1.